The molecule has 0 atom stereocenters. The number of hydrogen-bond acceptors (Lipinski definition) is 2. The van der Waals surface area contributed by atoms with Gasteiger partial charge in [0.15, 0.2) is 0 Å². The van der Waals surface area contributed by atoms with E-state index in [9.17, 15) is 4.79 Å². The van der Waals surface area contributed by atoms with Crippen molar-refractivity contribution >= 4 is 5.91 Å². The summed E-state index contributed by atoms with van der Waals surface area (Å²) >= 11 is 0. The summed E-state index contributed by atoms with van der Waals surface area (Å²) < 4.78 is 0. The number of carbonyl (C=O) groups is 1. The number of nitrogens with one attached hydrogen (secondary N) is 2. The zero-order valence-corrected chi connectivity index (χ0v) is 11.3. The molecule has 0 heterocycles. The van der Waals surface area contributed by atoms with Crippen LogP contribution in [-0.2, 0) is 4.79 Å². The largest absolute Gasteiger partial charge is 0.355 e. The molecule has 3 heteroatoms. The Hall–Kier alpha value is -0.570. The van der Waals surface area contributed by atoms with Crippen LogP contribution < -0.4 is 10.6 Å². The van der Waals surface area contributed by atoms with E-state index in [0.29, 0.717) is 6.04 Å². The van der Waals surface area contributed by atoms with Crippen LogP contribution in [0.2, 0.25) is 0 Å². The monoisotopic (exact) mass is 228 g/mol. The Bertz CT molecular complexity index is 175. The van der Waals surface area contributed by atoms with E-state index in [-0.39, 0.29) is 11.8 Å². The maximum absolute atomic E-state index is 11.8. The highest BCUT2D eigenvalue weighted by Gasteiger charge is 2.15. The molecule has 0 aromatic heterocycles. The number of rotatable bonds is 9. The second-order valence-corrected chi connectivity index (χ2v) is 4.67. The quantitative estimate of drug-likeness (QED) is 0.595. The third kappa shape index (κ3) is 7.69. The summed E-state index contributed by atoms with van der Waals surface area (Å²) in [7, 11) is 0. The van der Waals surface area contributed by atoms with Crippen LogP contribution in [0, 0.1) is 5.92 Å². The maximum atomic E-state index is 11.8. The molecule has 2 N–H and O–H groups in total. The molecule has 0 aromatic carbocycles. The van der Waals surface area contributed by atoms with Gasteiger partial charge in [-0.1, -0.05) is 40.5 Å². The molecule has 0 saturated heterocycles. The number of carbonyl (C=O) groups excluding carboxylic acids is 1. The molecule has 0 fully saturated rings. The van der Waals surface area contributed by atoms with Crippen LogP contribution in [0.25, 0.3) is 0 Å². The summed E-state index contributed by atoms with van der Waals surface area (Å²) in [4.78, 5) is 11.8. The van der Waals surface area contributed by atoms with Gasteiger partial charge in [-0.15, -0.1) is 0 Å². The second-order valence-electron chi connectivity index (χ2n) is 4.67. The fourth-order valence-corrected chi connectivity index (χ4v) is 1.79. The molecule has 0 aromatic rings. The van der Waals surface area contributed by atoms with Crippen molar-refractivity contribution in [1.82, 2.24) is 10.6 Å². The highest BCUT2D eigenvalue weighted by molar-refractivity contribution is 5.78. The van der Waals surface area contributed by atoms with Gasteiger partial charge in [-0.2, -0.15) is 0 Å². The van der Waals surface area contributed by atoms with Gasteiger partial charge in [0.2, 0.25) is 5.91 Å². The van der Waals surface area contributed by atoms with Crippen molar-refractivity contribution in [2.45, 2.75) is 59.4 Å². The first-order valence-electron chi connectivity index (χ1n) is 6.62. The average Bonchev–Trinajstić information content (AvgIpc) is 2.23. The lowest BCUT2D eigenvalue weighted by molar-refractivity contribution is -0.125. The molecule has 0 aliphatic carbocycles. The van der Waals surface area contributed by atoms with Crippen LogP contribution in [0.15, 0.2) is 0 Å². The summed E-state index contributed by atoms with van der Waals surface area (Å²) in [5.41, 5.74) is 0. The molecule has 0 spiro atoms. The lowest BCUT2D eigenvalue weighted by Crippen LogP contribution is -2.37. The summed E-state index contributed by atoms with van der Waals surface area (Å²) in [6, 6.07) is 0.485. The average molecular weight is 228 g/mol. The molecule has 0 saturated carbocycles. The first-order chi connectivity index (χ1) is 7.61. The van der Waals surface area contributed by atoms with Crippen molar-refractivity contribution in [3.63, 3.8) is 0 Å². The van der Waals surface area contributed by atoms with Gasteiger partial charge in [0.05, 0.1) is 0 Å². The minimum Gasteiger partial charge on any atom is -0.355 e. The van der Waals surface area contributed by atoms with Crippen LogP contribution in [0.5, 0.6) is 0 Å². The van der Waals surface area contributed by atoms with Crippen LogP contribution in [0.1, 0.15) is 53.4 Å². The maximum Gasteiger partial charge on any atom is 0.223 e. The Morgan fingerprint density at radius 2 is 1.62 bits per heavy atom. The Kier molecular flexibility index (Phi) is 9.30. The van der Waals surface area contributed by atoms with Gasteiger partial charge >= 0.3 is 0 Å². The van der Waals surface area contributed by atoms with Gasteiger partial charge in [-0.05, 0) is 12.8 Å². The fourth-order valence-electron chi connectivity index (χ4n) is 1.79. The summed E-state index contributed by atoms with van der Waals surface area (Å²) in [6.07, 6.45) is 4.19. The molecule has 1 amide bonds. The van der Waals surface area contributed by atoms with Gasteiger partial charge in [0.25, 0.3) is 0 Å². The van der Waals surface area contributed by atoms with E-state index in [1.807, 2.05) is 0 Å². The van der Waals surface area contributed by atoms with E-state index < -0.39 is 0 Å². The predicted octanol–water partition coefficient (Wildman–Crippen LogP) is 2.32. The zero-order valence-electron chi connectivity index (χ0n) is 11.3. The molecule has 0 aliphatic rings. The van der Waals surface area contributed by atoms with Crippen LogP contribution in [-0.4, -0.2) is 25.0 Å². The van der Waals surface area contributed by atoms with Crippen molar-refractivity contribution in [3.8, 4) is 0 Å². The molecular weight excluding hydrogens is 200 g/mol. The molecule has 0 unspecified atom stereocenters. The van der Waals surface area contributed by atoms with E-state index in [1.165, 1.54) is 0 Å². The summed E-state index contributed by atoms with van der Waals surface area (Å²) in [5, 5.41) is 6.30. The standard InChI is InChI=1S/C13H28N2O/c1-5-7-12(8-6-2)13(16)15-10-9-14-11(3)4/h11-12,14H,5-10H2,1-4H3,(H,15,16). The number of amides is 1. The Labute approximate surface area is 100 Å². The number of hydrogen-bond donors (Lipinski definition) is 2. The molecule has 0 bridgehead atoms. The topological polar surface area (TPSA) is 41.1 Å². The van der Waals surface area contributed by atoms with Crippen LogP contribution in [0.3, 0.4) is 0 Å². The van der Waals surface area contributed by atoms with Crippen molar-refractivity contribution in [3.05, 3.63) is 0 Å². The van der Waals surface area contributed by atoms with Crippen LogP contribution in [0.4, 0.5) is 0 Å². The normalized spacial score (nSPS) is 11.1. The second kappa shape index (κ2) is 9.64. The van der Waals surface area contributed by atoms with E-state index in [2.05, 4.69) is 38.3 Å². The molecule has 0 rings (SSSR count). The molecule has 3 nitrogen and oxygen atoms in total. The van der Waals surface area contributed by atoms with E-state index in [0.717, 1.165) is 38.8 Å². The molecule has 16 heavy (non-hydrogen) atoms. The van der Waals surface area contributed by atoms with Crippen molar-refractivity contribution in [2.24, 2.45) is 5.92 Å². The van der Waals surface area contributed by atoms with Crippen LogP contribution >= 0.6 is 0 Å². The Morgan fingerprint density at radius 3 is 2.06 bits per heavy atom. The zero-order chi connectivity index (χ0) is 12.4. The summed E-state index contributed by atoms with van der Waals surface area (Å²) in [6.45, 7) is 10.1. The van der Waals surface area contributed by atoms with Gasteiger partial charge in [0, 0.05) is 25.0 Å². The molecule has 0 radical (unpaired) electrons. The SMILES string of the molecule is CCCC(CCC)C(=O)NCCNC(C)C. The Balaban J connectivity index is 3.73. The van der Waals surface area contributed by atoms with Gasteiger partial charge in [-0.25, -0.2) is 0 Å². The smallest absolute Gasteiger partial charge is 0.223 e. The predicted molar refractivity (Wildman–Crippen MR) is 69.5 cm³/mol. The van der Waals surface area contributed by atoms with Gasteiger partial charge in [-0.3, -0.25) is 4.79 Å². The van der Waals surface area contributed by atoms with Gasteiger partial charge in [0.1, 0.15) is 0 Å². The fraction of sp³-hybridized carbons (Fsp3) is 0.923. The highest BCUT2D eigenvalue weighted by atomic mass is 16.1. The lowest BCUT2D eigenvalue weighted by Gasteiger charge is -2.15. The first kappa shape index (κ1) is 15.4. The third-order valence-corrected chi connectivity index (χ3v) is 2.62. The van der Waals surface area contributed by atoms with Crippen molar-refractivity contribution < 1.29 is 4.79 Å². The van der Waals surface area contributed by atoms with Gasteiger partial charge < -0.3 is 10.6 Å². The minimum absolute atomic E-state index is 0.217. The van der Waals surface area contributed by atoms with E-state index in [4.69, 9.17) is 0 Å². The van der Waals surface area contributed by atoms with Crippen molar-refractivity contribution in [2.75, 3.05) is 13.1 Å². The molecule has 0 aliphatic heterocycles. The summed E-state index contributed by atoms with van der Waals surface area (Å²) in [5.74, 6) is 0.448. The molecule has 96 valence electrons. The first-order valence-corrected chi connectivity index (χ1v) is 6.62. The minimum atomic E-state index is 0.217. The van der Waals surface area contributed by atoms with Crippen molar-refractivity contribution in [1.29, 1.82) is 0 Å². The third-order valence-electron chi connectivity index (χ3n) is 2.62. The molecular formula is C13H28N2O. The highest BCUT2D eigenvalue weighted by Crippen LogP contribution is 2.13. The lowest BCUT2D eigenvalue weighted by atomic mass is 9.97. The Morgan fingerprint density at radius 1 is 1.06 bits per heavy atom. The van der Waals surface area contributed by atoms with E-state index >= 15 is 0 Å². The van der Waals surface area contributed by atoms with E-state index in [1.54, 1.807) is 0 Å².